The predicted octanol–water partition coefficient (Wildman–Crippen LogP) is -0.176. The maximum Gasteiger partial charge on any atom is 0.252 e. The summed E-state index contributed by atoms with van der Waals surface area (Å²) in [4.78, 5) is 11.4. The summed E-state index contributed by atoms with van der Waals surface area (Å²) in [6.07, 6.45) is 1.70. The fraction of sp³-hybridized carbons (Fsp3) is 0.462. The average Bonchev–Trinajstić information content (AvgIpc) is 2.47. The van der Waals surface area contributed by atoms with Gasteiger partial charge in [-0.15, -0.1) is 0 Å². The molecule has 4 N–H and O–H groups in total. The van der Waals surface area contributed by atoms with Crippen LogP contribution in [0.1, 0.15) is 23.2 Å². The van der Waals surface area contributed by atoms with Crippen LogP contribution in [0.5, 0.6) is 5.75 Å². The van der Waals surface area contributed by atoms with Crippen molar-refractivity contribution in [3.8, 4) is 5.75 Å². The van der Waals surface area contributed by atoms with E-state index in [1.807, 2.05) is 0 Å². The number of carbonyl (C=O) groups is 1. The Hall–Kier alpha value is -1.64. The van der Waals surface area contributed by atoms with E-state index in [9.17, 15) is 13.2 Å². The number of nitrogens with two attached hydrogens (primary N) is 1. The minimum atomic E-state index is -3.69. The third kappa shape index (κ3) is 3.72. The van der Waals surface area contributed by atoms with E-state index in [4.69, 9.17) is 10.5 Å². The summed E-state index contributed by atoms with van der Waals surface area (Å²) in [5.74, 6) is -0.482. The van der Waals surface area contributed by atoms with Gasteiger partial charge in [0.2, 0.25) is 10.0 Å². The van der Waals surface area contributed by atoms with Crippen LogP contribution >= 0.6 is 0 Å². The van der Waals surface area contributed by atoms with Crippen molar-refractivity contribution in [1.29, 1.82) is 0 Å². The van der Waals surface area contributed by atoms with Gasteiger partial charge < -0.3 is 15.8 Å². The largest absolute Gasteiger partial charge is 0.496 e. The van der Waals surface area contributed by atoms with Gasteiger partial charge in [-0.3, -0.25) is 4.79 Å². The maximum absolute atomic E-state index is 12.3. The summed E-state index contributed by atoms with van der Waals surface area (Å²) >= 11 is 0. The SMILES string of the molecule is COc1ccc(S(=O)(=O)N[C@@H]2CCCNC2)cc1C(N)=O. The molecule has 1 aromatic rings. The van der Waals surface area contributed by atoms with Gasteiger partial charge in [-0.05, 0) is 37.6 Å². The second kappa shape index (κ2) is 6.42. The van der Waals surface area contributed by atoms with E-state index in [0.717, 1.165) is 19.4 Å². The van der Waals surface area contributed by atoms with Crippen molar-refractivity contribution in [2.24, 2.45) is 5.73 Å². The molecule has 1 saturated heterocycles. The molecule has 0 radical (unpaired) electrons. The van der Waals surface area contributed by atoms with Crippen molar-refractivity contribution in [1.82, 2.24) is 10.0 Å². The van der Waals surface area contributed by atoms with E-state index in [-0.39, 0.29) is 22.3 Å². The molecule has 116 valence electrons. The Balaban J connectivity index is 2.27. The lowest BCUT2D eigenvalue weighted by atomic mass is 10.1. The van der Waals surface area contributed by atoms with E-state index >= 15 is 0 Å². The van der Waals surface area contributed by atoms with Crippen LogP contribution in [0.15, 0.2) is 23.1 Å². The van der Waals surface area contributed by atoms with Gasteiger partial charge in [0.25, 0.3) is 5.91 Å². The second-order valence-corrected chi connectivity index (χ2v) is 6.60. The molecular formula is C13H19N3O4S. The van der Waals surface area contributed by atoms with Gasteiger partial charge in [-0.1, -0.05) is 0 Å². The van der Waals surface area contributed by atoms with Gasteiger partial charge in [0.15, 0.2) is 0 Å². The average molecular weight is 313 g/mol. The first kappa shape index (κ1) is 15.7. The zero-order valence-electron chi connectivity index (χ0n) is 11.8. The Morgan fingerprint density at radius 3 is 2.81 bits per heavy atom. The molecule has 1 aliphatic heterocycles. The highest BCUT2D eigenvalue weighted by Crippen LogP contribution is 2.22. The first-order valence-electron chi connectivity index (χ1n) is 6.65. The fourth-order valence-corrected chi connectivity index (χ4v) is 3.58. The molecule has 0 bridgehead atoms. The molecule has 2 rings (SSSR count). The van der Waals surface area contributed by atoms with Gasteiger partial charge in [0.1, 0.15) is 5.75 Å². The Morgan fingerprint density at radius 1 is 1.48 bits per heavy atom. The molecule has 1 aromatic carbocycles. The summed E-state index contributed by atoms with van der Waals surface area (Å²) in [5.41, 5.74) is 5.29. The van der Waals surface area contributed by atoms with Gasteiger partial charge in [0, 0.05) is 12.6 Å². The van der Waals surface area contributed by atoms with Crippen LogP contribution < -0.4 is 20.5 Å². The van der Waals surface area contributed by atoms with Crippen molar-refractivity contribution in [3.63, 3.8) is 0 Å². The highest BCUT2D eigenvalue weighted by molar-refractivity contribution is 7.89. The molecule has 0 unspecified atom stereocenters. The Kier molecular flexibility index (Phi) is 4.81. The molecule has 0 aromatic heterocycles. The van der Waals surface area contributed by atoms with E-state index < -0.39 is 15.9 Å². The van der Waals surface area contributed by atoms with Crippen LogP contribution in [0.2, 0.25) is 0 Å². The quantitative estimate of drug-likeness (QED) is 0.698. The Morgan fingerprint density at radius 2 is 2.24 bits per heavy atom. The zero-order chi connectivity index (χ0) is 15.5. The molecule has 0 spiro atoms. The number of rotatable bonds is 5. The number of primary amides is 1. The molecule has 1 atom stereocenters. The number of nitrogens with one attached hydrogen (secondary N) is 2. The number of hydrogen-bond donors (Lipinski definition) is 3. The molecular weight excluding hydrogens is 294 g/mol. The third-order valence-corrected chi connectivity index (χ3v) is 4.88. The summed E-state index contributed by atoms with van der Waals surface area (Å²) in [5, 5.41) is 3.14. The third-order valence-electron chi connectivity index (χ3n) is 3.37. The minimum absolute atomic E-state index is 0.00248. The molecule has 0 saturated carbocycles. The van der Waals surface area contributed by atoms with Crippen LogP contribution in [-0.4, -0.2) is 40.6 Å². The van der Waals surface area contributed by atoms with Crippen LogP contribution in [-0.2, 0) is 10.0 Å². The monoisotopic (exact) mass is 313 g/mol. The molecule has 1 heterocycles. The summed E-state index contributed by atoms with van der Waals surface area (Å²) < 4.78 is 32.3. The number of piperidine rings is 1. The van der Waals surface area contributed by atoms with Gasteiger partial charge in [-0.2, -0.15) is 0 Å². The van der Waals surface area contributed by atoms with Gasteiger partial charge >= 0.3 is 0 Å². The lowest BCUT2D eigenvalue weighted by Gasteiger charge is -2.23. The Labute approximate surface area is 123 Å². The molecule has 1 amide bonds. The van der Waals surface area contributed by atoms with Crippen molar-refractivity contribution >= 4 is 15.9 Å². The van der Waals surface area contributed by atoms with Crippen LogP contribution in [0.25, 0.3) is 0 Å². The number of hydrogen-bond acceptors (Lipinski definition) is 5. The van der Waals surface area contributed by atoms with Gasteiger partial charge in [0.05, 0.1) is 17.6 Å². The highest BCUT2D eigenvalue weighted by Gasteiger charge is 2.23. The number of methoxy groups -OCH3 is 1. The van der Waals surface area contributed by atoms with Crippen molar-refractivity contribution in [3.05, 3.63) is 23.8 Å². The van der Waals surface area contributed by atoms with E-state index in [2.05, 4.69) is 10.0 Å². The van der Waals surface area contributed by atoms with Crippen molar-refractivity contribution in [2.75, 3.05) is 20.2 Å². The number of benzene rings is 1. The first-order valence-corrected chi connectivity index (χ1v) is 8.13. The summed E-state index contributed by atoms with van der Waals surface area (Å²) in [6.45, 7) is 1.49. The lowest BCUT2D eigenvalue weighted by molar-refractivity contribution is 0.0997. The van der Waals surface area contributed by atoms with E-state index in [1.54, 1.807) is 0 Å². The van der Waals surface area contributed by atoms with Crippen LogP contribution in [0.4, 0.5) is 0 Å². The number of sulfonamides is 1. The smallest absolute Gasteiger partial charge is 0.252 e. The normalized spacial score (nSPS) is 19.2. The number of amides is 1. The summed E-state index contributed by atoms with van der Waals surface area (Å²) in [6, 6.07) is 3.90. The van der Waals surface area contributed by atoms with Crippen molar-refractivity contribution in [2.45, 2.75) is 23.8 Å². The first-order chi connectivity index (χ1) is 9.94. The zero-order valence-corrected chi connectivity index (χ0v) is 12.6. The van der Waals surface area contributed by atoms with E-state index in [1.165, 1.54) is 25.3 Å². The van der Waals surface area contributed by atoms with Crippen LogP contribution in [0.3, 0.4) is 0 Å². The molecule has 21 heavy (non-hydrogen) atoms. The second-order valence-electron chi connectivity index (χ2n) is 4.89. The number of carbonyl (C=O) groups excluding carboxylic acids is 1. The molecule has 7 nitrogen and oxygen atoms in total. The number of ether oxygens (including phenoxy) is 1. The van der Waals surface area contributed by atoms with E-state index in [0.29, 0.717) is 6.54 Å². The molecule has 1 aliphatic rings. The molecule has 8 heteroatoms. The highest BCUT2D eigenvalue weighted by atomic mass is 32.2. The van der Waals surface area contributed by atoms with Crippen molar-refractivity contribution < 1.29 is 17.9 Å². The molecule has 0 aliphatic carbocycles. The lowest BCUT2D eigenvalue weighted by Crippen LogP contribution is -2.45. The Bertz CT molecular complexity index is 624. The standard InChI is InChI=1S/C13H19N3O4S/c1-20-12-5-4-10(7-11(12)13(14)17)21(18,19)16-9-3-2-6-15-8-9/h4-5,7,9,15-16H,2-3,6,8H2,1H3,(H2,14,17)/t9-/m1/s1. The predicted molar refractivity (Wildman–Crippen MR) is 77.7 cm³/mol. The minimum Gasteiger partial charge on any atom is -0.496 e. The maximum atomic E-state index is 12.3. The summed E-state index contributed by atoms with van der Waals surface area (Å²) in [7, 11) is -2.30. The molecule has 1 fully saturated rings. The fourth-order valence-electron chi connectivity index (χ4n) is 2.29. The van der Waals surface area contributed by atoms with Gasteiger partial charge in [-0.25, -0.2) is 13.1 Å². The van der Waals surface area contributed by atoms with Crippen LogP contribution in [0, 0.1) is 0 Å². The topological polar surface area (TPSA) is 111 Å².